The van der Waals surface area contributed by atoms with E-state index in [9.17, 15) is 18.0 Å². The Bertz CT molecular complexity index is 890. The first-order chi connectivity index (χ1) is 13.3. The normalized spacial score (nSPS) is 22.9. The number of hydrogen-bond acceptors (Lipinski definition) is 6. The Morgan fingerprint density at radius 3 is 2.46 bits per heavy atom. The van der Waals surface area contributed by atoms with Gasteiger partial charge in [0.25, 0.3) is 0 Å². The summed E-state index contributed by atoms with van der Waals surface area (Å²) < 4.78 is 23.6. The Morgan fingerprint density at radius 2 is 1.93 bits per heavy atom. The Morgan fingerprint density at radius 1 is 1.29 bits per heavy atom. The SMILES string of the molecule is C=CC(=O)NC1(c2ccc(S(C)(=O)=O)cc2)SC=CN1C1CCN(C=O)CC1. The molecule has 1 aromatic rings. The van der Waals surface area contributed by atoms with Gasteiger partial charge in [0.2, 0.25) is 12.3 Å². The number of nitrogens with one attached hydrogen (secondary N) is 1. The molecule has 2 aliphatic rings. The van der Waals surface area contributed by atoms with Crippen LogP contribution in [0, 0.1) is 0 Å². The second-order valence-corrected chi connectivity index (χ2v) is 9.93. The Hall–Kier alpha value is -2.26. The largest absolute Gasteiger partial charge is 0.345 e. The van der Waals surface area contributed by atoms with E-state index in [-0.39, 0.29) is 16.8 Å². The van der Waals surface area contributed by atoms with Gasteiger partial charge in [-0.1, -0.05) is 30.5 Å². The summed E-state index contributed by atoms with van der Waals surface area (Å²) in [6, 6.07) is 6.69. The predicted octanol–water partition coefficient (Wildman–Crippen LogP) is 1.64. The van der Waals surface area contributed by atoms with Crippen LogP contribution in [0.15, 0.2) is 53.4 Å². The molecule has 7 nitrogen and oxygen atoms in total. The lowest BCUT2D eigenvalue weighted by molar-refractivity contribution is -0.120. The van der Waals surface area contributed by atoms with Crippen molar-refractivity contribution in [2.75, 3.05) is 19.3 Å². The van der Waals surface area contributed by atoms with Gasteiger partial charge in [0.15, 0.2) is 14.8 Å². The van der Waals surface area contributed by atoms with Gasteiger partial charge in [0.1, 0.15) is 0 Å². The highest BCUT2D eigenvalue weighted by Crippen LogP contribution is 2.46. The van der Waals surface area contributed by atoms with Gasteiger partial charge in [-0.2, -0.15) is 0 Å². The summed E-state index contributed by atoms with van der Waals surface area (Å²) in [5.74, 6) is -0.321. The van der Waals surface area contributed by atoms with Crippen molar-refractivity contribution in [1.82, 2.24) is 15.1 Å². The average Bonchev–Trinajstić information content (AvgIpc) is 3.12. The number of carbonyl (C=O) groups is 2. The monoisotopic (exact) mass is 421 g/mol. The third kappa shape index (κ3) is 3.95. The molecular weight excluding hydrogens is 398 g/mol. The number of rotatable bonds is 6. The first-order valence-corrected chi connectivity index (χ1v) is 11.6. The van der Waals surface area contributed by atoms with E-state index < -0.39 is 14.8 Å². The lowest BCUT2D eigenvalue weighted by atomic mass is 10.0. The van der Waals surface area contributed by atoms with Gasteiger partial charge in [-0.05, 0) is 36.5 Å². The Balaban J connectivity index is 1.97. The first-order valence-electron chi connectivity index (χ1n) is 8.87. The van der Waals surface area contributed by atoms with Crippen molar-refractivity contribution in [3.05, 3.63) is 54.1 Å². The van der Waals surface area contributed by atoms with Crippen LogP contribution in [0.2, 0.25) is 0 Å². The molecule has 0 bridgehead atoms. The molecule has 3 rings (SSSR count). The molecular formula is C19H23N3O4S2. The van der Waals surface area contributed by atoms with Crippen molar-refractivity contribution in [1.29, 1.82) is 0 Å². The van der Waals surface area contributed by atoms with Crippen molar-refractivity contribution in [2.24, 2.45) is 0 Å². The minimum absolute atomic E-state index is 0.127. The van der Waals surface area contributed by atoms with E-state index in [2.05, 4.69) is 16.8 Å². The van der Waals surface area contributed by atoms with Crippen LogP contribution in [0.25, 0.3) is 0 Å². The number of hydrogen-bond donors (Lipinski definition) is 1. The molecule has 0 spiro atoms. The van der Waals surface area contributed by atoms with Crippen molar-refractivity contribution in [3.63, 3.8) is 0 Å². The van der Waals surface area contributed by atoms with Gasteiger partial charge in [-0.15, -0.1) is 0 Å². The summed E-state index contributed by atoms with van der Waals surface area (Å²) in [6.07, 6.45) is 6.74. The summed E-state index contributed by atoms with van der Waals surface area (Å²) in [4.78, 5) is 26.4. The lowest BCUT2D eigenvalue weighted by Gasteiger charge is -2.46. The number of benzene rings is 1. The molecule has 1 atom stereocenters. The Labute approximate surface area is 169 Å². The van der Waals surface area contributed by atoms with Gasteiger partial charge in [-0.25, -0.2) is 8.42 Å². The second kappa shape index (κ2) is 8.00. The van der Waals surface area contributed by atoms with E-state index in [1.54, 1.807) is 29.2 Å². The molecule has 2 aliphatic heterocycles. The maximum Gasteiger partial charge on any atom is 0.246 e. The van der Waals surface area contributed by atoms with Crippen molar-refractivity contribution < 1.29 is 18.0 Å². The number of likely N-dealkylation sites (tertiary alicyclic amines) is 1. The van der Waals surface area contributed by atoms with Crippen LogP contribution in [0.4, 0.5) is 0 Å². The van der Waals surface area contributed by atoms with Gasteiger partial charge in [0, 0.05) is 37.2 Å². The number of nitrogens with zero attached hydrogens (tertiary/aromatic N) is 2. The summed E-state index contributed by atoms with van der Waals surface area (Å²) >= 11 is 1.44. The smallest absolute Gasteiger partial charge is 0.246 e. The van der Waals surface area contributed by atoms with E-state index in [4.69, 9.17) is 0 Å². The first kappa shape index (κ1) is 20.5. The molecule has 0 saturated carbocycles. The van der Waals surface area contributed by atoms with Crippen molar-refractivity contribution >= 4 is 33.9 Å². The zero-order valence-electron chi connectivity index (χ0n) is 15.6. The van der Waals surface area contributed by atoms with Crippen molar-refractivity contribution in [3.8, 4) is 0 Å². The molecule has 0 aliphatic carbocycles. The highest BCUT2D eigenvalue weighted by molar-refractivity contribution is 8.03. The third-order valence-electron chi connectivity index (χ3n) is 5.02. The molecule has 1 fully saturated rings. The van der Waals surface area contributed by atoms with Gasteiger partial charge < -0.3 is 15.1 Å². The van der Waals surface area contributed by atoms with Crippen LogP contribution in [-0.4, -0.2) is 55.9 Å². The zero-order chi connectivity index (χ0) is 20.4. The molecule has 9 heteroatoms. The van der Waals surface area contributed by atoms with Gasteiger partial charge in [0.05, 0.1) is 4.90 Å². The average molecular weight is 422 g/mol. The van der Waals surface area contributed by atoms with Crippen LogP contribution in [0.3, 0.4) is 0 Å². The topological polar surface area (TPSA) is 86.8 Å². The summed E-state index contributed by atoms with van der Waals surface area (Å²) in [7, 11) is -3.31. The number of thioether (sulfide) groups is 1. The van der Waals surface area contributed by atoms with E-state index in [0.717, 1.165) is 31.1 Å². The maximum absolute atomic E-state index is 12.3. The van der Waals surface area contributed by atoms with Crippen LogP contribution in [-0.2, 0) is 24.4 Å². The van der Waals surface area contributed by atoms with E-state index in [1.807, 2.05) is 11.6 Å². The van der Waals surface area contributed by atoms with Crippen LogP contribution >= 0.6 is 11.8 Å². The maximum atomic E-state index is 12.3. The minimum atomic E-state index is -3.31. The predicted molar refractivity (Wildman–Crippen MR) is 109 cm³/mol. The molecule has 28 heavy (non-hydrogen) atoms. The standard InChI is InChI=1S/C19H23N3O4S2/c1-3-18(24)20-19(15-4-6-17(7-5-15)28(2,25)26)22(12-13-27-19)16-8-10-21(14-23)11-9-16/h3-7,12-14,16H,1,8-11H2,2H3,(H,20,24). The van der Waals surface area contributed by atoms with Crippen LogP contribution in [0.5, 0.6) is 0 Å². The second-order valence-electron chi connectivity index (χ2n) is 6.82. The third-order valence-corrected chi connectivity index (χ3v) is 7.29. The fourth-order valence-corrected chi connectivity index (χ4v) is 5.32. The molecule has 150 valence electrons. The molecule has 0 aromatic heterocycles. The molecule has 1 aromatic carbocycles. The zero-order valence-corrected chi connectivity index (χ0v) is 17.2. The number of amides is 2. The fraction of sp³-hybridized carbons (Fsp3) is 0.368. The summed E-state index contributed by atoms with van der Waals surface area (Å²) in [5.41, 5.74) is 0.767. The van der Waals surface area contributed by atoms with Crippen molar-refractivity contribution in [2.45, 2.75) is 28.8 Å². The minimum Gasteiger partial charge on any atom is -0.345 e. The fourth-order valence-electron chi connectivity index (χ4n) is 3.54. The highest BCUT2D eigenvalue weighted by atomic mass is 32.2. The van der Waals surface area contributed by atoms with E-state index in [0.29, 0.717) is 13.1 Å². The number of carbonyl (C=O) groups excluding carboxylic acids is 2. The highest BCUT2D eigenvalue weighted by Gasteiger charge is 2.45. The number of sulfone groups is 1. The quantitative estimate of drug-likeness (QED) is 0.555. The molecule has 2 amide bonds. The van der Waals surface area contributed by atoms with E-state index in [1.165, 1.54) is 17.8 Å². The lowest BCUT2D eigenvalue weighted by Crippen LogP contribution is -2.56. The van der Waals surface area contributed by atoms with E-state index >= 15 is 0 Å². The summed E-state index contributed by atoms with van der Waals surface area (Å²) in [5, 5.41) is 4.94. The van der Waals surface area contributed by atoms with Gasteiger partial charge in [-0.3, -0.25) is 9.59 Å². The molecule has 0 radical (unpaired) electrons. The molecule has 1 N–H and O–H groups in total. The summed E-state index contributed by atoms with van der Waals surface area (Å²) in [6.45, 7) is 4.86. The molecule has 1 unspecified atom stereocenters. The molecule has 2 heterocycles. The van der Waals surface area contributed by atoms with Crippen LogP contribution in [0.1, 0.15) is 18.4 Å². The van der Waals surface area contributed by atoms with Crippen LogP contribution < -0.4 is 5.32 Å². The molecule has 1 saturated heterocycles. The number of piperidine rings is 1. The van der Waals surface area contributed by atoms with Gasteiger partial charge >= 0.3 is 0 Å². The Kier molecular flexibility index (Phi) is 5.85.